The molecule has 0 bridgehead atoms. The van der Waals surface area contributed by atoms with Gasteiger partial charge in [0, 0.05) is 0 Å². The van der Waals surface area contributed by atoms with Crippen molar-refractivity contribution < 1.29 is 8.42 Å². The number of aryl methyl sites for hydroxylation is 1. The minimum Gasteiger partial charge on any atom is -0.284 e. The average molecular weight is 227 g/mol. The summed E-state index contributed by atoms with van der Waals surface area (Å²) in [5.74, 6) is 0.394. The van der Waals surface area contributed by atoms with E-state index in [2.05, 4.69) is 18.6 Å². The van der Waals surface area contributed by atoms with Crippen LogP contribution < -0.4 is 4.72 Å². The summed E-state index contributed by atoms with van der Waals surface area (Å²) in [7, 11) is -3.19. The van der Waals surface area contributed by atoms with Gasteiger partial charge in [-0.1, -0.05) is 26.0 Å². The van der Waals surface area contributed by atoms with E-state index in [9.17, 15) is 8.42 Å². The molecule has 1 rings (SSSR count). The maximum atomic E-state index is 11.1. The molecule has 0 aliphatic heterocycles. The molecule has 0 saturated heterocycles. The fourth-order valence-corrected chi connectivity index (χ4v) is 1.93. The van der Waals surface area contributed by atoms with Gasteiger partial charge in [0.15, 0.2) is 0 Å². The SMILES string of the molecule is Cc1ccc(C(C)C)cc1NS(C)(=O)=O. The van der Waals surface area contributed by atoms with Crippen LogP contribution in [-0.2, 0) is 10.0 Å². The Morgan fingerprint density at radius 1 is 1.27 bits per heavy atom. The third-order valence-corrected chi connectivity index (χ3v) is 2.81. The van der Waals surface area contributed by atoms with Crippen molar-refractivity contribution in [2.24, 2.45) is 0 Å². The lowest BCUT2D eigenvalue weighted by Crippen LogP contribution is -2.11. The lowest BCUT2D eigenvalue weighted by Gasteiger charge is -2.11. The molecule has 0 saturated carbocycles. The molecule has 1 aromatic rings. The van der Waals surface area contributed by atoms with Crippen LogP contribution in [0.4, 0.5) is 5.69 Å². The molecule has 1 aromatic carbocycles. The zero-order valence-corrected chi connectivity index (χ0v) is 10.4. The maximum absolute atomic E-state index is 11.1. The zero-order chi connectivity index (χ0) is 11.6. The van der Waals surface area contributed by atoms with Crippen LogP contribution in [-0.4, -0.2) is 14.7 Å². The van der Waals surface area contributed by atoms with E-state index in [1.165, 1.54) is 0 Å². The highest BCUT2D eigenvalue weighted by atomic mass is 32.2. The Kier molecular flexibility index (Phi) is 3.39. The van der Waals surface area contributed by atoms with Crippen molar-refractivity contribution in [1.82, 2.24) is 0 Å². The second-order valence-corrected chi connectivity index (χ2v) is 5.85. The number of sulfonamides is 1. The molecule has 1 N–H and O–H groups in total. The topological polar surface area (TPSA) is 46.2 Å². The van der Waals surface area contributed by atoms with Gasteiger partial charge in [0.25, 0.3) is 0 Å². The molecule has 0 aliphatic carbocycles. The minimum atomic E-state index is -3.19. The smallest absolute Gasteiger partial charge is 0.229 e. The third-order valence-electron chi connectivity index (χ3n) is 2.22. The summed E-state index contributed by atoms with van der Waals surface area (Å²) in [5, 5.41) is 0. The summed E-state index contributed by atoms with van der Waals surface area (Å²) in [6.07, 6.45) is 1.16. The van der Waals surface area contributed by atoms with Gasteiger partial charge >= 0.3 is 0 Å². The third kappa shape index (κ3) is 3.55. The first-order valence-corrected chi connectivity index (χ1v) is 6.77. The van der Waals surface area contributed by atoms with Crippen molar-refractivity contribution in [2.45, 2.75) is 26.7 Å². The summed E-state index contributed by atoms with van der Waals surface area (Å²) in [6, 6.07) is 5.84. The number of hydrogen-bond donors (Lipinski definition) is 1. The molecule has 15 heavy (non-hydrogen) atoms. The Balaban J connectivity index is 3.11. The number of rotatable bonds is 3. The normalized spacial score (nSPS) is 11.8. The van der Waals surface area contributed by atoms with E-state index in [1.54, 1.807) is 0 Å². The Morgan fingerprint density at radius 3 is 2.33 bits per heavy atom. The predicted octanol–water partition coefficient (Wildman–Crippen LogP) is 2.49. The van der Waals surface area contributed by atoms with E-state index in [4.69, 9.17) is 0 Å². The quantitative estimate of drug-likeness (QED) is 0.862. The first-order valence-electron chi connectivity index (χ1n) is 4.88. The summed E-state index contributed by atoms with van der Waals surface area (Å²) >= 11 is 0. The highest BCUT2D eigenvalue weighted by Crippen LogP contribution is 2.22. The molecule has 0 unspecified atom stereocenters. The number of hydrogen-bond acceptors (Lipinski definition) is 2. The average Bonchev–Trinajstić information content (AvgIpc) is 2.06. The van der Waals surface area contributed by atoms with Crippen LogP contribution in [0.1, 0.15) is 30.9 Å². The van der Waals surface area contributed by atoms with Crippen molar-refractivity contribution in [3.8, 4) is 0 Å². The molecule has 0 aliphatic rings. The van der Waals surface area contributed by atoms with Gasteiger partial charge in [-0.2, -0.15) is 0 Å². The van der Waals surface area contributed by atoms with Crippen molar-refractivity contribution >= 4 is 15.7 Å². The number of nitrogens with one attached hydrogen (secondary N) is 1. The molecule has 0 spiro atoms. The standard InChI is InChI=1S/C11H17NO2S/c1-8(2)10-6-5-9(3)11(7-10)12-15(4,13)14/h5-8,12H,1-4H3. The van der Waals surface area contributed by atoms with E-state index in [-0.39, 0.29) is 0 Å². The number of benzene rings is 1. The Morgan fingerprint density at radius 2 is 1.87 bits per heavy atom. The largest absolute Gasteiger partial charge is 0.284 e. The van der Waals surface area contributed by atoms with Crippen LogP contribution in [0.3, 0.4) is 0 Å². The molecular weight excluding hydrogens is 210 g/mol. The lowest BCUT2D eigenvalue weighted by molar-refractivity contribution is 0.606. The molecule has 0 radical (unpaired) electrons. The minimum absolute atomic E-state index is 0.394. The Hall–Kier alpha value is -1.03. The molecule has 84 valence electrons. The van der Waals surface area contributed by atoms with Gasteiger partial charge in [-0.15, -0.1) is 0 Å². The predicted molar refractivity (Wildman–Crippen MR) is 63.7 cm³/mol. The monoisotopic (exact) mass is 227 g/mol. The molecule has 0 amide bonds. The number of anilines is 1. The second-order valence-electron chi connectivity index (χ2n) is 4.10. The highest BCUT2D eigenvalue weighted by Gasteiger charge is 2.07. The van der Waals surface area contributed by atoms with E-state index in [0.717, 1.165) is 17.4 Å². The van der Waals surface area contributed by atoms with Gasteiger partial charge in [0.05, 0.1) is 11.9 Å². The van der Waals surface area contributed by atoms with E-state index in [1.807, 2.05) is 25.1 Å². The van der Waals surface area contributed by atoms with Gasteiger partial charge in [0.1, 0.15) is 0 Å². The summed E-state index contributed by atoms with van der Waals surface area (Å²) in [4.78, 5) is 0. The highest BCUT2D eigenvalue weighted by molar-refractivity contribution is 7.92. The molecule has 0 atom stereocenters. The van der Waals surface area contributed by atoms with Gasteiger partial charge in [-0.05, 0) is 30.0 Å². The van der Waals surface area contributed by atoms with Crippen LogP contribution in [0.2, 0.25) is 0 Å². The Bertz CT molecular complexity index is 450. The van der Waals surface area contributed by atoms with Crippen LogP contribution in [0.15, 0.2) is 18.2 Å². The summed E-state index contributed by atoms with van der Waals surface area (Å²) in [6.45, 7) is 6.04. The van der Waals surface area contributed by atoms with Crippen molar-refractivity contribution in [3.63, 3.8) is 0 Å². The molecule has 0 aromatic heterocycles. The van der Waals surface area contributed by atoms with E-state index in [0.29, 0.717) is 11.6 Å². The van der Waals surface area contributed by atoms with Crippen LogP contribution in [0, 0.1) is 6.92 Å². The lowest BCUT2D eigenvalue weighted by atomic mass is 10.0. The van der Waals surface area contributed by atoms with Gasteiger partial charge < -0.3 is 0 Å². The molecule has 3 nitrogen and oxygen atoms in total. The van der Waals surface area contributed by atoms with Crippen molar-refractivity contribution in [1.29, 1.82) is 0 Å². The van der Waals surface area contributed by atoms with E-state index < -0.39 is 10.0 Å². The first-order chi connectivity index (χ1) is 6.79. The maximum Gasteiger partial charge on any atom is 0.229 e. The molecule has 4 heteroatoms. The van der Waals surface area contributed by atoms with Gasteiger partial charge in [-0.3, -0.25) is 4.72 Å². The summed E-state index contributed by atoms with van der Waals surface area (Å²) < 4.78 is 24.8. The van der Waals surface area contributed by atoms with Crippen molar-refractivity contribution in [2.75, 3.05) is 11.0 Å². The molecule has 0 heterocycles. The van der Waals surface area contributed by atoms with Gasteiger partial charge in [-0.25, -0.2) is 8.42 Å². The van der Waals surface area contributed by atoms with Crippen LogP contribution >= 0.6 is 0 Å². The first kappa shape index (κ1) is 12.0. The van der Waals surface area contributed by atoms with Crippen LogP contribution in [0.5, 0.6) is 0 Å². The summed E-state index contributed by atoms with van der Waals surface area (Å²) in [5.41, 5.74) is 2.74. The fourth-order valence-electron chi connectivity index (χ4n) is 1.31. The van der Waals surface area contributed by atoms with Crippen molar-refractivity contribution in [3.05, 3.63) is 29.3 Å². The molecular formula is C11H17NO2S. The Labute approximate surface area is 91.6 Å². The fraction of sp³-hybridized carbons (Fsp3) is 0.455. The van der Waals surface area contributed by atoms with Gasteiger partial charge in [0.2, 0.25) is 10.0 Å². The zero-order valence-electron chi connectivity index (χ0n) is 9.53. The second kappa shape index (κ2) is 4.23. The van der Waals surface area contributed by atoms with Crippen LogP contribution in [0.25, 0.3) is 0 Å². The molecule has 0 fully saturated rings. The van der Waals surface area contributed by atoms with E-state index >= 15 is 0 Å².